The Balaban J connectivity index is 2.50. The molecule has 0 bridgehead atoms. The molecule has 0 aromatic rings. The van der Waals surface area contributed by atoms with Crippen LogP contribution in [0.1, 0.15) is 59.8 Å². The van der Waals surface area contributed by atoms with Crippen LogP contribution in [0.15, 0.2) is 0 Å². The van der Waals surface area contributed by atoms with Crippen LogP contribution < -0.4 is 5.73 Å². The summed E-state index contributed by atoms with van der Waals surface area (Å²) < 4.78 is 0. The molecule has 17 heavy (non-hydrogen) atoms. The van der Waals surface area contributed by atoms with Crippen LogP contribution in [-0.4, -0.2) is 31.1 Å². The zero-order valence-corrected chi connectivity index (χ0v) is 12.6. The fourth-order valence-corrected chi connectivity index (χ4v) is 2.95. The van der Waals surface area contributed by atoms with Crippen molar-refractivity contribution in [1.29, 1.82) is 0 Å². The van der Waals surface area contributed by atoms with Gasteiger partial charge < -0.3 is 10.6 Å². The molecule has 1 atom stereocenters. The van der Waals surface area contributed by atoms with E-state index < -0.39 is 0 Å². The first kappa shape index (κ1) is 15.0. The van der Waals surface area contributed by atoms with Crippen LogP contribution in [-0.2, 0) is 0 Å². The highest BCUT2D eigenvalue weighted by Crippen LogP contribution is 2.35. The second-order valence-corrected chi connectivity index (χ2v) is 7.53. The van der Waals surface area contributed by atoms with E-state index in [0.717, 1.165) is 19.1 Å². The Morgan fingerprint density at radius 2 is 1.88 bits per heavy atom. The predicted molar refractivity (Wildman–Crippen MR) is 76.1 cm³/mol. The van der Waals surface area contributed by atoms with Gasteiger partial charge in [0.1, 0.15) is 0 Å². The van der Waals surface area contributed by atoms with E-state index in [1.54, 1.807) is 0 Å². The minimum atomic E-state index is 0.247. The lowest BCUT2D eigenvalue weighted by atomic mass is 9.85. The molecule has 0 aromatic carbocycles. The second kappa shape index (κ2) is 5.71. The molecule has 1 aliphatic carbocycles. The highest BCUT2D eigenvalue weighted by atomic mass is 15.1. The lowest BCUT2D eigenvalue weighted by Crippen LogP contribution is -2.41. The molecule has 0 aliphatic heterocycles. The monoisotopic (exact) mass is 240 g/mol. The second-order valence-electron chi connectivity index (χ2n) is 7.53. The summed E-state index contributed by atoms with van der Waals surface area (Å²) in [4.78, 5) is 2.55. The summed E-state index contributed by atoms with van der Waals surface area (Å²) in [6.45, 7) is 11.3. The van der Waals surface area contributed by atoms with Gasteiger partial charge in [0.25, 0.3) is 0 Å². The number of hydrogen-bond acceptors (Lipinski definition) is 2. The predicted octanol–water partition coefficient (Wildman–Crippen LogP) is 3.26. The van der Waals surface area contributed by atoms with Gasteiger partial charge in [0.15, 0.2) is 0 Å². The topological polar surface area (TPSA) is 29.3 Å². The molecule has 1 rings (SSSR count). The lowest BCUT2D eigenvalue weighted by Gasteiger charge is -2.34. The van der Waals surface area contributed by atoms with Crippen LogP contribution in [0.3, 0.4) is 0 Å². The molecule has 102 valence electrons. The molecule has 0 saturated heterocycles. The fraction of sp³-hybridized carbons (Fsp3) is 1.00. The first-order valence-corrected chi connectivity index (χ1v) is 7.16. The molecule has 0 aromatic heterocycles. The SMILES string of the molecule is CN(CC(C)(C)CN)C1CCCC(C)(C)CC1. The first-order chi connectivity index (χ1) is 7.76. The number of nitrogens with zero attached hydrogens (tertiary/aromatic N) is 1. The van der Waals surface area contributed by atoms with Gasteiger partial charge in [0.2, 0.25) is 0 Å². The Hall–Kier alpha value is -0.0800. The van der Waals surface area contributed by atoms with Gasteiger partial charge in [-0.25, -0.2) is 0 Å². The summed E-state index contributed by atoms with van der Waals surface area (Å²) in [6.07, 6.45) is 6.85. The molecule has 0 radical (unpaired) electrons. The summed E-state index contributed by atoms with van der Waals surface area (Å²) in [5, 5.41) is 0. The van der Waals surface area contributed by atoms with Gasteiger partial charge in [-0.3, -0.25) is 0 Å². The molecule has 0 heterocycles. The van der Waals surface area contributed by atoms with Crippen molar-refractivity contribution in [2.24, 2.45) is 16.6 Å². The van der Waals surface area contributed by atoms with Gasteiger partial charge in [0, 0.05) is 12.6 Å². The average Bonchev–Trinajstić information content (AvgIpc) is 2.39. The van der Waals surface area contributed by atoms with Crippen molar-refractivity contribution in [3.05, 3.63) is 0 Å². The Kier molecular flexibility index (Phi) is 5.03. The third-order valence-corrected chi connectivity index (χ3v) is 4.40. The highest BCUT2D eigenvalue weighted by Gasteiger charge is 2.28. The molecular weight excluding hydrogens is 208 g/mol. The van der Waals surface area contributed by atoms with Crippen LogP contribution in [0, 0.1) is 10.8 Å². The summed E-state index contributed by atoms with van der Waals surface area (Å²) >= 11 is 0. The van der Waals surface area contributed by atoms with E-state index in [1.165, 1.54) is 32.1 Å². The van der Waals surface area contributed by atoms with Crippen molar-refractivity contribution < 1.29 is 0 Å². The molecule has 0 amide bonds. The van der Waals surface area contributed by atoms with E-state index in [9.17, 15) is 0 Å². The lowest BCUT2D eigenvalue weighted by molar-refractivity contribution is 0.150. The summed E-state index contributed by atoms with van der Waals surface area (Å²) in [7, 11) is 2.28. The summed E-state index contributed by atoms with van der Waals surface area (Å²) in [6, 6.07) is 0.766. The van der Waals surface area contributed by atoms with Crippen LogP contribution in [0.2, 0.25) is 0 Å². The van der Waals surface area contributed by atoms with Crippen molar-refractivity contribution in [3.8, 4) is 0 Å². The smallest absolute Gasteiger partial charge is 0.00926 e. The molecule has 2 heteroatoms. The highest BCUT2D eigenvalue weighted by molar-refractivity contribution is 4.83. The van der Waals surface area contributed by atoms with Crippen molar-refractivity contribution in [3.63, 3.8) is 0 Å². The van der Waals surface area contributed by atoms with E-state index >= 15 is 0 Å². The average molecular weight is 240 g/mol. The van der Waals surface area contributed by atoms with Gasteiger partial charge in [-0.05, 0) is 50.1 Å². The van der Waals surface area contributed by atoms with Crippen molar-refractivity contribution in [2.75, 3.05) is 20.1 Å². The van der Waals surface area contributed by atoms with E-state index in [0.29, 0.717) is 5.41 Å². The quantitative estimate of drug-likeness (QED) is 0.764. The summed E-state index contributed by atoms with van der Waals surface area (Å²) in [5.74, 6) is 0. The van der Waals surface area contributed by atoms with Crippen LogP contribution >= 0.6 is 0 Å². The van der Waals surface area contributed by atoms with Gasteiger partial charge >= 0.3 is 0 Å². The third kappa shape index (κ3) is 4.97. The van der Waals surface area contributed by atoms with Crippen molar-refractivity contribution in [1.82, 2.24) is 4.90 Å². The molecular formula is C15H32N2. The molecule has 2 nitrogen and oxygen atoms in total. The Morgan fingerprint density at radius 1 is 1.24 bits per heavy atom. The van der Waals surface area contributed by atoms with Crippen molar-refractivity contribution in [2.45, 2.75) is 65.8 Å². The fourth-order valence-electron chi connectivity index (χ4n) is 2.95. The van der Waals surface area contributed by atoms with E-state index in [2.05, 4.69) is 39.6 Å². The van der Waals surface area contributed by atoms with Crippen LogP contribution in [0.25, 0.3) is 0 Å². The molecule has 1 unspecified atom stereocenters. The molecule has 1 aliphatic rings. The molecule has 1 fully saturated rings. The zero-order chi connectivity index (χ0) is 13.1. The van der Waals surface area contributed by atoms with Gasteiger partial charge in [-0.15, -0.1) is 0 Å². The minimum Gasteiger partial charge on any atom is -0.330 e. The minimum absolute atomic E-state index is 0.247. The molecule has 2 N–H and O–H groups in total. The Bertz CT molecular complexity index is 233. The maximum absolute atomic E-state index is 5.83. The number of rotatable bonds is 4. The molecule has 0 spiro atoms. The van der Waals surface area contributed by atoms with Crippen molar-refractivity contribution >= 4 is 0 Å². The third-order valence-electron chi connectivity index (χ3n) is 4.40. The normalized spacial score (nSPS) is 25.9. The maximum atomic E-state index is 5.83. The van der Waals surface area contributed by atoms with Crippen LogP contribution in [0.5, 0.6) is 0 Å². The maximum Gasteiger partial charge on any atom is 0.00926 e. The van der Waals surface area contributed by atoms with Gasteiger partial charge in [-0.2, -0.15) is 0 Å². The van der Waals surface area contributed by atoms with E-state index in [4.69, 9.17) is 5.73 Å². The number of nitrogens with two attached hydrogens (primary N) is 1. The largest absolute Gasteiger partial charge is 0.330 e. The molecule has 1 saturated carbocycles. The van der Waals surface area contributed by atoms with E-state index in [1.807, 2.05) is 0 Å². The summed E-state index contributed by atoms with van der Waals surface area (Å²) in [5.41, 5.74) is 6.63. The van der Waals surface area contributed by atoms with E-state index in [-0.39, 0.29) is 5.41 Å². The number of hydrogen-bond donors (Lipinski definition) is 1. The standard InChI is InChI=1S/C15H32N2/c1-14(2)9-6-7-13(8-10-14)17(5)12-15(3,4)11-16/h13H,6-12,16H2,1-5H3. The Morgan fingerprint density at radius 3 is 2.47 bits per heavy atom. The van der Waals surface area contributed by atoms with Gasteiger partial charge in [-0.1, -0.05) is 34.1 Å². The first-order valence-electron chi connectivity index (χ1n) is 7.16. The van der Waals surface area contributed by atoms with Crippen LogP contribution in [0.4, 0.5) is 0 Å². The zero-order valence-electron chi connectivity index (χ0n) is 12.6. The Labute approximate surface area is 108 Å². The van der Waals surface area contributed by atoms with Gasteiger partial charge in [0.05, 0.1) is 0 Å².